The zero-order chi connectivity index (χ0) is 13.2. The second kappa shape index (κ2) is 4.97. The van der Waals surface area contributed by atoms with Crippen LogP contribution < -0.4 is 5.32 Å². The van der Waals surface area contributed by atoms with Gasteiger partial charge in [0.25, 0.3) is 0 Å². The van der Waals surface area contributed by atoms with Crippen LogP contribution in [0.2, 0.25) is 0 Å². The van der Waals surface area contributed by atoms with Gasteiger partial charge in [0, 0.05) is 17.0 Å². The van der Waals surface area contributed by atoms with Crippen molar-refractivity contribution in [2.45, 2.75) is 13.8 Å². The van der Waals surface area contributed by atoms with Gasteiger partial charge < -0.3 is 5.32 Å². The first-order valence-electron chi connectivity index (χ1n) is 6.35. The number of hydrogen-bond acceptors (Lipinski definition) is 4. The maximum Gasteiger partial charge on any atom is 0.163 e. The first-order valence-corrected chi connectivity index (χ1v) is 7.17. The van der Waals surface area contributed by atoms with E-state index in [0.29, 0.717) is 0 Å². The van der Waals surface area contributed by atoms with E-state index < -0.39 is 0 Å². The summed E-state index contributed by atoms with van der Waals surface area (Å²) in [6.07, 6.45) is 0. The lowest BCUT2D eigenvalue weighted by Crippen LogP contribution is -2.01. The van der Waals surface area contributed by atoms with Gasteiger partial charge in [-0.05, 0) is 19.9 Å². The van der Waals surface area contributed by atoms with Gasteiger partial charge in [-0.3, -0.25) is 0 Å². The highest BCUT2D eigenvalue weighted by atomic mass is 32.1. The van der Waals surface area contributed by atoms with Crippen LogP contribution >= 0.6 is 11.3 Å². The molecule has 0 bridgehead atoms. The Bertz CT molecular complexity index is 704. The highest BCUT2D eigenvalue weighted by Gasteiger charge is 2.10. The number of benzene rings is 1. The van der Waals surface area contributed by atoms with E-state index in [1.54, 1.807) is 11.3 Å². The van der Waals surface area contributed by atoms with Crippen LogP contribution in [0, 0.1) is 6.92 Å². The molecular formula is C15H15N3S. The summed E-state index contributed by atoms with van der Waals surface area (Å²) in [5.74, 6) is 1.71. The maximum atomic E-state index is 4.68. The predicted octanol–water partition coefficient (Wildman–Crippen LogP) is 4.10. The van der Waals surface area contributed by atoms with Gasteiger partial charge in [0.2, 0.25) is 0 Å². The van der Waals surface area contributed by atoms with Gasteiger partial charge in [0.15, 0.2) is 5.82 Å². The van der Waals surface area contributed by atoms with Crippen molar-refractivity contribution in [3.8, 4) is 11.4 Å². The predicted molar refractivity (Wildman–Crippen MR) is 81.8 cm³/mol. The molecule has 0 spiro atoms. The van der Waals surface area contributed by atoms with Crippen LogP contribution in [0.15, 0.2) is 36.4 Å². The molecule has 0 aliphatic rings. The van der Waals surface area contributed by atoms with E-state index in [1.165, 1.54) is 4.88 Å². The molecule has 2 heterocycles. The summed E-state index contributed by atoms with van der Waals surface area (Å²) in [7, 11) is 0. The Kier molecular flexibility index (Phi) is 3.17. The van der Waals surface area contributed by atoms with Gasteiger partial charge in [-0.1, -0.05) is 30.3 Å². The number of aromatic nitrogens is 2. The van der Waals surface area contributed by atoms with Crippen molar-refractivity contribution >= 4 is 27.4 Å². The summed E-state index contributed by atoms with van der Waals surface area (Å²) in [5.41, 5.74) is 1.05. The maximum absolute atomic E-state index is 4.68. The first kappa shape index (κ1) is 12.1. The zero-order valence-corrected chi connectivity index (χ0v) is 11.8. The smallest absolute Gasteiger partial charge is 0.163 e. The second-order valence-electron chi connectivity index (χ2n) is 4.37. The summed E-state index contributed by atoms with van der Waals surface area (Å²) < 4.78 is 0. The van der Waals surface area contributed by atoms with E-state index in [4.69, 9.17) is 0 Å². The van der Waals surface area contributed by atoms with Crippen molar-refractivity contribution in [2.75, 3.05) is 11.9 Å². The van der Waals surface area contributed by atoms with Gasteiger partial charge in [-0.15, -0.1) is 11.3 Å². The molecule has 0 saturated carbocycles. The van der Waals surface area contributed by atoms with E-state index >= 15 is 0 Å². The van der Waals surface area contributed by atoms with Crippen molar-refractivity contribution in [1.82, 2.24) is 9.97 Å². The summed E-state index contributed by atoms with van der Waals surface area (Å²) in [6.45, 7) is 5.04. The number of nitrogens with one attached hydrogen (secondary N) is 1. The summed E-state index contributed by atoms with van der Waals surface area (Å²) >= 11 is 1.71. The topological polar surface area (TPSA) is 37.8 Å². The van der Waals surface area contributed by atoms with Crippen LogP contribution in [0.3, 0.4) is 0 Å². The van der Waals surface area contributed by atoms with Crippen molar-refractivity contribution in [3.63, 3.8) is 0 Å². The van der Waals surface area contributed by atoms with Gasteiger partial charge in [0.05, 0.1) is 5.39 Å². The molecule has 19 heavy (non-hydrogen) atoms. The Balaban J connectivity index is 2.21. The number of hydrogen-bond donors (Lipinski definition) is 1. The molecule has 0 unspecified atom stereocenters. The SMILES string of the molecule is CCNc1nc(-c2ccccc2)nc2sc(C)cc12. The number of anilines is 1. The molecule has 3 rings (SSSR count). The van der Waals surface area contributed by atoms with E-state index in [1.807, 2.05) is 30.3 Å². The fourth-order valence-electron chi connectivity index (χ4n) is 2.06. The third-order valence-corrected chi connectivity index (χ3v) is 3.84. The lowest BCUT2D eigenvalue weighted by atomic mass is 10.2. The van der Waals surface area contributed by atoms with E-state index in [0.717, 1.165) is 34.0 Å². The van der Waals surface area contributed by atoms with E-state index in [-0.39, 0.29) is 0 Å². The van der Waals surface area contributed by atoms with Crippen LogP contribution in [0.5, 0.6) is 0 Å². The highest BCUT2D eigenvalue weighted by Crippen LogP contribution is 2.30. The minimum absolute atomic E-state index is 0.783. The lowest BCUT2D eigenvalue weighted by molar-refractivity contribution is 1.15. The lowest BCUT2D eigenvalue weighted by Gasteiger charge is -2.06. The normalized spacial score (nSPS) is 10.8. The molecule has 0 amide bonds. The van der Waals surface area contributed by atoms with Gasteiger partial charge in [-0.25, -0.2) is 9.97 Å². The Morgan fingerprint density at radius 2 is 1.95 bits per heavy atom. The van der Waals surface area contributed by atoms with Crippen LogP contribution in [0.1, 0.15) is 11.8 Å². The molecule has 3 aromatic rings. The van der Waals surface area contributed by atoms with Crippen molar-refractivity contribution in [2.24, 2.45) is 0 Å². The molecule has 1 N–H and O–H groups in total. The molecule has 1 aromatic carbocycles. The van der Waals surface area contributed by atoms with Crippen LogP contribution in [-0.4, -0.2) is 16.5 Å². The molecule has 0 saturated heterocycles. The van der Waals surface area contributed by atoms with Gasteiger partial charge >= 0.3 is 0 Å². The first-order chi connectivity index (χ1) is 9.28. The largest absolute Gasteiger partial charge is 0.370 e. The van der Waals surface area contributed by atoms with Crippen LogP contribution in [-0.2, 0) is 0 Å². The number of aryl methyl sites for hydroxylation is 1. The molecule has 3 nitrogen and oxygen atoms in total. The van der Waals surface area contributed by atoms with Gasteiger partial charge in [-0.2, -0.15) is 0 Å². The second-order valence-corrected chi connectivity index (χ2v) is 5.60. The molecule has 4 heteroatoms. The minimum Gasteiger partial charge on any atom is -0.370 e. The number of fused-ring (bicyclic) bond motifs is 1. The Morgan fingerprint density at radius 3 is 2.68 bits per heavy atom. The van der Waals surface area contributed by atoms with Crippen molar-refractivity contribution in [3.05, 3.63) is 41.3 Å². The number of thiophene rings is 1. The third-order valence-electron chi connectivity index (χ3n) is 2.89. The van der Waals surface area contributed by atoms with Crippen molar-refractivity contribution in [1.29, 1.82) is 0 Å². The zero-order valence-electron chi connectivity index (χ0n) is 11.0. The van der Waals surface area contributed by atoms with Crippen molar-refractivity contribution < 1.29 is 0 Å². The molecule has 0 aliphatic carbocycles. The monoisotopic (exact) mass is 269 g/mol. The Hall–Kier alpha value is -1.94. The molecule has 2 aromatic heterocycles. The van der Waals surface area contributed by atoms with Crippen LogP contribution in [0.25, 0.3) is 21.6 Å². The van der Waals surface area contributed by atoms with E-state index in [9.17, 15) is 0 Å². The van der Waals surface area contributed by atoms with E-state index in [2.05, 4.69) is 35.2 Å². The molecule has 0 radical (unpaired) electrons. The summed E-state index contributed by atoms with van der Waals surface area (Å²) in [5, 5.41) is 4.44. The molecule has 0 aliphatic heterocycles. The van der Waals surface area contributed by atoms with Gasteiger partial charge in [0.1, 0.15) is 10.6 Å². The third kappa shape index (κ3) is 2.31. The molecule has 0 atom stereocenters. The summed E-state index contributed by atoms with van der Waals surface area (Å²) in [6, 6.07) is 12.2. The average Bonchev–Trinajstić information content (AvgIpc) is 2.80. The quantitative estimate of drug-likeness (QED) is 0.778. The molecular weight excluding hydrogens is 254 g/mol. The molecule has 0 fully saturated rings. The Labute approximate surface area is 116 Å². The number of nitrogens with zero attached hydrogens (tertiary/aromatic N) is 2. The van der Waals surface area contributed by atoms with Crippen LogP contribution in [0.4, 0.5) is 5.82 Å². The fraction of sp³-hybridized carbons (Fsp3) is 0.200. The Morgan fingerprint density at radius 1 is 1.16 bits per heavy atom. The average molecular weight is 269 g/mol. The fourth-order valence-corrected chi connectivity index (χ4v) is 2.94. The molecule has 96 valence electrons. The number of rotatable bonds is 3. The minimum atomic E-state index is 0.783. The highest BCUT2D eigenvalue weighted by molar-refractivity contribution is 7.18. The standard InChI is InChI=1S/C15H15N3S/c1-3-16-14-12-9-10(2)19-15(12)18-13(17-14)11-7-5-4-6-8-11/h4-9H,3H2,1-2H3,(H,16,17,18). The summed E-state index contributed by atoms with van der Waals surface area (Å²) in [4.78, 5) is 11.6.